The van der Waals surface area contributed by atoms with Crippen LogP contribution < -0.4 is 15.4 Å². The lowest BCUT2D eigenvalue weighted by Crippen LogP contribution is -2.36. The minimum atomic E-state index is -0.821. The number of benzene rings is 1. The van der Waals surface area contributed by atoms with Crippen molar-refractivity contribution in [3.05, 3.63) is 23.2 Å². The Morgan fingerprint density at radius 1 is 1.37 bits per heavy atom. The van der Waals surface area contributed by atoms with Crippen LogP contribution in [0.5, 0.6) is 5.75 Å². The summed E-state index contributed by atoms with van der Waals surface area (Å²) in [6, 6.07) is 4.68. The maximum atomic E-state index is 11.6. The Labute approximate surface area is 115 Å². The Hall–Kier alpha value is -1.79. The fraction of sp³-hybridized carbons (Fsp3) is 0.333. The number of anilines is 1. The van der Waals surface area contributed by atoms with E-state index in [1.54, 1.807) is 12.1 Å². The number of carbonyl (C=O) groups is 2. The molecule has 104 valence electrons. The highest BCUT2D eigenvalue weighted by Crippen LogP contribution is 2.27. The average molecular weight is 287 g/mol. The van der Waals surface area contributed by atoms with E-state index >= 15 is 0 Å². The minimum absolute atomic E-state index is 0.0516. The first kappa shape index (κ1) is 15.3. The maximum Gasteiger partial charge on any atom is 0.313 e. The van der Waals surface area contributed by atoms with Gasteiger partial charge in [-0.25, -0.2) is 0 Å². The molecule has 0 spiro atoms. The van der Waals surface area contributed by atoms with Gasteiger partial charge in [0, 0.05) is 18.2 Å². The number of aliphatic hydroxyl groups excluding tert-OH is 1. The number of ether oxygens (including phenoxy) is 1. The lowest BCUT2D eigenvalue weighted by molar-refractivity contribution is -0.136. The highest BCUT2D eigenvalue weighted by molar-refractivity contribution is 6.40. The van der Waals surface area contributed by atoms with Crippen molar-refractivity contribution >= 4 is 29.1 Å². The van der Waals surface area contributed by atoms with Crippen molar-refractivity contribution in [3.8, 4) is 5.75 Å². The van der Waals surface area contributed by atoms with E-state index in [0.29, 0.717) is 22.9 Å². The molecule has 0 unspecified atom stereocenters. The molecule has 0 aliphatic heterocycles. The van der Waals surface area contributed by atoms with Gasteiger partial charge in [-0.3, -0.25) is 9.59 Å². The Kier molecular flexibility index (Phi) is 6.11. The Morgan fingerprint density at radius 2 is 2.11 bits per heavy atom. The molecule has 7 heteroatoms. The number of methoxy groups -OCH3 is 1. The van der Waals surface area contributed by atoms with Gasteiger partial charge in [0.15, 0.2) is 0 Å². The Balaban J connectivity index is 2.65. The molecule has 6 nitrogen and oxygen atoms in total. The number of nitrogens with one attached hydrogen (secondary N) is 2. The molecule has 0 saturated carbocycles. The number of amides is 2. The number of hydrogen-bond donors (Lipinski definition) is 3. The molecule has 0 saturated heterocycles. The fourth-order valence-electron chi connectivity index (χ4n) is 1.32. The van der Waals surface area contributed by atoms with Gasteiger partial charge in [0.05, 0.1) is 12.8 Å². The zero-order valence-electron chi connectivity index (χ0n) is 10.4. The Morgan fingerprint density at radius 3 is 2.74 bits per heavy atom. The summed E-state index contributed by atoms with van der Waals surface area (Å²) in [7, 11) is 1.44. The normalized spacial score (nSPS) is 9.84. The summed E-state index contributed by atoms with van der Waals surface area (Å²) in [4.78, 5) is 23.0. The topological polar surface area (TPSA) is 87.7 Å². The summed E-state index contributed by atoms with van der Waals surface area (Å²) < 4.78 is 5.04. The molecule has 1 aromatic rings. The second kappa shape index (κ2) is 7.60. The highest BCUT2D eigenvalue weighted by atomic mass is 35.5. The zero-order valence-corrected chi connectivity index (χ0v) is 11.2. The lowest BCUT2D eigenvalue weighted by Gasteiger charge is -2.10. The molecule has 1 rings (SSSR count). The molecule has 1 aromatic carbocycles. The maximum absolute atomic E-state index is 11.6. The first-order chi connectivity index (χ1) is 9.08. The number of carbonyl (C=O) groups excluding carboxylic acids is 2. The van der Waals surface area contributed by atoms with Crippen LogP contribution in [-0.2, 0) is 9.59 Å². The summed E-state index contributed by atoms with van der Waals surface area (Å²) in [5.41, 5.74) is 0.317. The van der Waals surface area contributed by atoms with E-state index in [0.717, 1.165) is 0 Å². The number of aliphatic hydroxyl groups is 1. The van der Waals surface area contributed by atoms with Gasteiger partial charge in [-0.15, -0.1) is 0 Å². The van der Waals surface area contributed by atoms with Gasteiger partial charge in [-0.05, 0) is 24.6 Å². The van der Waals surface area contributed by atoms with Crippen LogP contribution in [0.3, 0.4) is 0 Å². The quantitative estimate of drug-likeness (QED) is 0.551. The van der Waals surface area contributed by atoms with Crippen LogP contribution in [0.4, 0.5) is 5.69 Å². The summed E-state index contributed by atoms with van der Waals surface area (Å²) in [6.07, 6.45) is 0.388. The van der Waals surface area contributed by atoms with Crippen LogP contribution in [0.2, 0.25) is 5.02 Å². The second-order valence-electron chi connectivity index (χ2n) is 3.63. The molecule has 0 heterocycles. The van der Waals surface area contributed by atoms with Gasteiger partial charge in [0.25, 0.3) is 0 Å². The van der Waals surface area contributed by atoms with Crippen molar-refractivity contribution in [2.24, 2.45) is 0 Å². The Bertz CT molecular complexity index is 465. The van der Waals surface area contributed by atoms with E-state index in [1.807, 2.05) is 0 Å². The number of rotatable bonds is 5. The zero-order chi connectivity index (χ0) is 14.3. The average Bonchev–Trinajstić information content (AvgIpc) is 2.39. The number of hydrogen-bond acceptors (Lipinski definition) is 4. The van der Waals surface area contributed by atoms with Crippen LogP contribution in [0.25, 0.3) is 0 Å². The largest absolute Gasteiger partial charge is 0.495 e. The van der Waals surface area contributed by atoms with Gasteiger partial charge in [0.1, 0.15) is 5.75 Å². The predicted octanol–water partition coefficient (Wildman–Crippen LogP) is 0.786. The van der Waals surface area contributed by atoms with E-state index in [2.05, 4.69) is 10.6 Å². The first-order valence-electron chi connectivity index (χ1n) is 5.62. The van der Waals surface area contributed by atoms with Crippen LogP contribution >= 0.6 is 11.6 Å². The molecule has 0 radical (unpaired) electrons. The predicted molar refractivity (Wildman–Crippen MR) is 71.3 cm³/mol. The third-order valence-corrected chi connectivity index (χ3v) is 2.47. The van der Waals surface area contributed by atoms with Gasteiger partial charge >= 0.3 is 11.8 Å². The van der Waals surface area contributed by atoms with Crippen molar-refractivity contribution in [1.29, 1.82) is 0 Å². The summed E-state index contributed by atoms with van der Waals surface area (Å²) >= 11 is 5.80. The molecule has 2 amide bonds. The molecule has 0 aliphatic carbocycles. The van der Waals surface area contributed by atoms with Gasteiger partial charge in [-0.1, -0.05) is 11.6 Å². The molecular weight excluding hydrogens is 272 g/mol. The van der Waals surface area contributed by atoms with Crippen molar-refractivity contribution < 1.29 is 19.4 Å². The van der Waals surface area contributed by atoms with Gasteiger partial charge < -0.3 is 20.5 Å². The van der Waals surface area contributed by atoms with E-state index in [-0.39, 0.29) is 13.2 Å². The van der Waals surface area contributed by atoms with E-state index in [9.17, 15) is 9.59 Å². The highest BCUT2D eigenvalue weighted by Gasteiger charge is 2.15. The first-order valence-corrected chi connectivity index (χ1v) is 6.00. The molecule has 19 heavy (non-hydrogen) atoms. The van der Waals surface area contributed by atoms with Gasteiger partial charge in [-0.2, -0.15) is 0 Å². The van der Waals surface area contributed by atoms with Crippen molar-refractivity contribution in [1.82, 2.24) is 5.32 Å². The third-order valence-electron chi connectivity index (χ3n) is 2.24. The van der Waals surface area contributed by atoms with Crippen molar-refractivity contribution in [2.45, 2.75) is 6.42 Å². The molecule has 0 aromatic heterocycles. The van der Waals surface area contributed by atoms with E-state index in [4.69, 9.17) is 21.4 Å². The molecular formula is C12H15ClN2O4. The second-order valence-corrected chi connectivity index (χ2v) is 4.07. The van der Waals surface area contributed by atoms with Crippen molar-refractivity contribution in [2.75, 3.05) is 25.6 Å². The summed E-state index contributed by atoms with van der Waals surface area (Å²) in [5.74, 6) is -1.20. The summed E-state index contributed by atoms with van der Waals surface area (Å²) in [6.45, 7) is 0.180. The summed E-state index contributed by atoms with van der Waals surface area (Å²) in [5, 5.41) is 13.8. The van der Waals surface area contributed by atoms with Crippen LogP contribution in [0, 0.1) is 0 Å². The molecule has 0 atom stereocenters. The number of halogens is 1. The van der Waals surface area contributed by atoms with E-state index < -0.39 is 11.8 Å². The monoisotopic (exact) mass is 286 g/mol. The smallest absolute Gasteiger partial charge is 0.313 e. The minimum Gasteiger partial charge on any atom is -0.495 e. The standard InChI is InChI=1S/C12H15ClN2O4/c1-19-10-4-3-8(13)7-9(10)15-12(18)11(17)14-5-2-6-16/h3-4,7,16H,2,5-6H2,1H3,(H,14,17)(H,15,18). The van der Waals surface area contributed by atoms with Crippen LogP contribution in [-0.4, -0.2) is 37.2 Å². The molecule has 3 N–H and O–H groups in total. The fourth-order valence-corrected chi connectivity index (χ4v) is 1.49. The van der Waals surface area contributed by atoms with Crippen molar-refractivity contribution in [3.63, 3.8) is 0 Å². The SMILES string of the molecule is COc1ccc(Cl)cc1NC(=O)C(=O)NCCCO. The molecule has 0 fully saturated rings. The van der Waals surface area contributed by atoms with Crippen LogP contribution in [0.1, 0.15) is 6.42 Å². The van der Waals surface area contributed by atoms with E-state index in [1.165, 1.54) is 13.2 Å². The molecule has 0 bridgehead atoms. The van der Waals surface area contributed by atoms with Gasteiger partial charge in [0.2, 0.25) is 0 Å². The third kappa shape index (κ3) is 4.76. The molecule has 0 aliphatic rings. The lowest BCUT2D eigenvalue weighted by atomic mass is 10.3. The van der Waals surface area contributed by atoms with Crippen LogP contribution in [0.15, 0.2) is 18.2 Å².